The number of carbonyl (C=O) groups is 2. The predicted octanol–water partition coefficient (Wildman–Crippen LogP) is 3.34. The largest absolute Gasteiger partial charge is 0.472 e. The van der Waals surface area contributed by atoms with E-state index in [9.17, 15) is 14.7 Å². The highest BCUT2D eigenvalue weighted by Gasteiger charge is 2.37. The summed E-state index contributed by atoms with van der Waals surface area (Å²) in [5, 5.41) is 9.81. The van der Waals surface area contributed by atoms with E-state index in [0.29, 0.717) is 18.7 Å². The molecular weight excluding hydrogens is 430 g/mol. The summed E-state index contributed by atoms with van der Waals surface area (Å²) in [6.07, 6.45) is 7.14. The van der Waals surface area contributed by atoms with E-state index < -0.39 is 0 Å². The Morgan fingerprint density at radius 1 is 1.26 bits per heavy atom. The van der Waals surface area contributed by atoms with Gasteiger partial charge in [-0.1, -0.05) is 49.4 Å². The van der Waals surface area contributed by atoms with Crippen LogP contribution in [-0.4, -0.2) is 70.6 Å². The second-order valence-electron chi connectivity index (χ2n) is 9.48. The smallest absolute Gasteiger partial charge is 0.259 e. The number of likely N-dealkylation sites (N-methyl/N-ethyl adjacent to an activating group) is 1. The van der Waals surface area contributed by atoms with Gasteiger partial charge >= 0.3 is 0 Å². The Bertz CT molecular complexity index is 1050. The summed E-state index contributed by atoms with van der Waals surface area (Å²) in [5.41, 5.74) is 2.19. The first-order chi connectivity index (χ1) is 16.4. The molecule has 1 aliphatic heterocycles. The Balaban J connectivity index is 1.64. The highest BCUT2D eigenvalue weighted by atomic mass is 16.5. The third-order valence-electron chi connectivity index (χ3n) is 6.57. The van der Waals surface area contributed by atoms with Crippen molar-refractivity contribution in [1.29, 1.82) is 0 Å². The van der Waals surface area contributed by atoms with Crippen LogP contribution in [0.25, 0.3) is 12.2 Å². The van der Waals surface area contributed by atoms with Crippen LogP contribution in [0.3, 0.4) is 0 Å². The van der Waals surface area contributed by atoms with Crippen molar-refractivity contribution in [3.05, 3.63) is 59.3 Å². The van der Waals surface area contributed by atoms with Crippen LogP contribution >= 0.6 is 0 Å². The zero-order valence-corrected chi connectivity index (χ0v) is 20.1. The summed E-state index contributed by atoms with van der Waals surface area (Å²) >= 11 is 0. The molecule has 0 spiro atoms. The number of aliphatic hydroxyl groups is 1. The maximum Gasteiger partial charge on any atom is 0.259 e. The van der Waals surface area contributed by atoms with Crippen molar-refractivity contribution in [3.8, 4) is 5.88 Å². The molecule has 1 aliphatic carbocycles. The number of aliphatic hydroxyl groups excluding tert-OH is 1. The van der Waals surface area contributed by atoms with Gasteiger partial charge in [0.1, 0.15) is 11.7 Å². The lowest BCUT2D eigenvalue weighted by Crippen LogP contribution is -2.50. The zero-order valence-electron chi connectivity index (χ0n) is 20.1. The number of pyridine rings is 1. The van der Waals surface area contributed by atoms with E-state index in [1.54, 1.807) is 29.1 Å². The first kappa shape index (κ1) is 24.0. The summed E-state index contributed by atoms with van der Waals surface area (Å²) in [6.45, 7) is 4.53. The maximum absolute atomic E-state index is 13.5. The van der Waals surface area contributed by atoms with Gasteiger partial charge in [-0.2, -0.15) is 0 Å². The fourth-order valence-corrected chi connectivity index (χ4v) is 4.19. The van der Waals surface area contributed by atoms with Crippen LogP contribution in [0.1, 0.15) is 48.2 Å². The molecule has 2 amide bonds. The number of rotatable bonds is 7. The molecule has 7 nitrogen and oxygen atoms in total. The summed E-state index contributed by atoms with van der Waals surface area (Å²) in [4.78, 5) is 34.0. The number of carbonyl (C=O) groups excluding carboxylic acids is 2. The van der Waals surface area contributed by atoms with Crippen molar-refractivity contribution in [2.24, 2.45) is 11.8 Å². The number of ether oxygens (including phenoxy) is 1. The number of aromatic nitrogens is 1. The Morgan fingerprint density at radius 2 is 1.97 bits per heavy atom. The van der Waals surface area contributed by atoms with E-state index in [1.807, 2.05) is 56.3 Å². The molecule has 7 heteroatoms. The van der Waals surface area contributed by atoms with Gasteiger partial charge < -0.3 is 19.6 Å². The second-order valence-corrected chi connectivity index (χ2v) is 9.48. The van der Waals surface area contributed by atoms with Crippen molar-refractivity contribution in [3.63, 3.8) is 0 Å². The lowest BCUT2D eigenvalue weighted by molar-refractivity contribution is -0.132. The standard InChI is InChI=1S/C27H33N3O4/c1-18-15-30(19(2)17-31)27(33)23-13-21(10-9-20-7-5-4-6-8-20)14-28-25(23)34-24(18)16-29(3)26(32)22-11-12-22/h4-10,13-14,18-19,22,24,31H,11-12,15-17H2,1-3H3/b10-9+/t18-,19+,24-/m0/s1. The molecule has 2 aromatic rings. The number of hydrogen-bond acceptors (Lipinski definition) is 5. The Kier molecular flexibility index (Phi) is 7.32. The van der Waals surface area contributed by atoms with Crippen LogP contribution in [0, 0.1) is 11.8 Å². The van der Waals surface area contributed by atoms with Crippen molar-refractivity contribution in [2.45, 2.75) is 38.8 Å². The van der Waals surface area contributed by atoms with E-state index in [1.165, 1.54) is 0 Å². The average Bonchev–Trinajstić information content (AvgIpc) is 3.70. The van der Waals surface area contributed by atoms with Crippen LogP contribution in [0.5, 0.6) is 5.88 Å². The molecular formula is C27H33N3O4. The first-order valence-electron chi connectivity index (χ1n) is 11.9. The third kappa shape index (κ3) is 5.47. The van der Waals surface area contributed by atoms with Gasteiger partial charge in [-0.3, -0.25) is 9.59 Å². The van der Waals surface area contributed by atoms with E-state index in [-0.39, 0.29) is 48.3 Å². The van der Waals surface area contributed by atoms with Gasteiger partial charge in [-0.15, -0.1) is 0 Å². The Labute approximate surface area is 201 Å². The van der Waals surface area contributed by atoms with Crippen molar-refractivity contribution in [2.75, 3.05) is 26.7 Å². The van der Waals surface area contributed by atoms with E-state index in [4.69, 9.17) is 4.74 Å². The lowest BCUT2D eigenvalue weighted by Gasteiger charge is -2.37. The Morgan fingerprint density at radius 3 is 2.65 bits per heavy atom. The topological polar surface area (TPSA) is 83.0 Å². The fourth-order valence-electron chi connectivity index (χ4n) is 4.19. The quantitative estimate of drug-likeness (QED) is 0.681. The molecule has 3 atom stereocenters. The summed E-state index contributed by atoms with van der Waals surface area (Å²) < 4.78 is 6.28. The summed E-state index contributed by atoms with van der Waals surface area (Å²) in [5.74, 6) is 0.266. The first-order valence-corrected chi connectivity index (χ1v) is 11.9. The number of nitrogens with zero attached hydrogens (tertiary/aromatic N) is 3. The van der Waals surface area contributed by atoms with Crippen LogP contribution in [0.15, 0.2) is 42.6 Å². The average molecular weight is 464 g/mol. The molecule has 1 saturated carbocycles. The van der Waals surface area contributed by atoms with Gasteiger partial charge in [-0.05, 0) is 37.0 Å². The lowest BCUT2D eigenvalue weighted by atomic mass is 9.99. The van der Waals surface area contributed by atoms with Crippen LogP contribution in [-0.2, 0) is 4.79 Å². The maximum atomic E-state index is 13.5. The van der Waals surface area contributed by atoms with Gasteiger partial charge in [0.2, 0.25) is 11.8 Å². The normalized spacial score (nSPS) is 21.4. The summed E-state index contributed by atoms with van der Waals surface area (Å²) in [6, 6.07) is 11.3. The highest BCUT2D eigenvalue weighted by Crippen LogP contribution is 2.32. The molecule has 0 radical (unpaired) electrons. The predicted molar refractivity (Wildman–Crippen MR) is 131 cm³/mol. The van der Waals surface area contributed by atoms with E-state index in [0.717, 1.165) is 24.0 Å². The monoisotopic (exact) mass is 463 g/mol. The van der Waals surface area contributed by atoms with Crippen molar-refractivity contribution in [1.82, 2.24) is 14.8 Å². The highest BCUT2D eigenvalue weighted by molar-refractivity contribution is 5.97. The number of fused-ring (bicyclic) bond motifs is 1. The molecule has 1 N–H and O–H groups in total. The molecule has 2 aliphatic rings. The van der Waals surface area contributed by atoms with Gasteiger partial charge in [0.15, 0.2) is 0 Å². The van der Waals surface area contributed by atoms with Gasteiger partial charge in [0.05, 0.1) is 19.2 Å². The SMILES string of the molecule is C[C@H](CO)N1C[C@H](C)[C@H](CN(C)C(=O)C2CC2)Oc2ncc(/C=C/c3ccccc3)cc2C1=O. The molecule has 4 rings (SSSR count). The minimum Gasteiger partial charge on any atom is -0.472 e. The zero-order chi connectivity index (χ0) is 24.2. The van der Waals surface area contributed by atoms with Crippen molar-refractivity contribution >= 4 is 24.0 Å². The molecule has 0 saturated heterocycles. The molecule has 2 heterocycles. The summed E-state index contributed by atoms with van der Waals surface area (Å²) in [7, 11) is 1.81. The molecule has 0 bridgehead atoms. The van der Waals surface area contributed by atoms with Crippen LogP contribution in [0.4, 0.5) is 0 Å². The van der Waals surface area contributed by atoms with Crippen molar-refractivity contribution < 1.29 is 19.4 Å². The molecule has 1 fully saturated rings. The van der Waals surface area contributed by atoms with Gasteiger partial charge in [0.25, 0.3) is 5.91 Å². The molecule has 180 valence electrons. The van der Waals surface area contributed by atoms with E-state index >= 15 is 0 Å². The number of hydrogen-bond donors (Lipinski definition) is 1. The fraction of sp³-hybridized carbons (Fsp3) is 0.444. The van der Waals surface area contributed by atoms with E-state index in [2.05, 4.69) is 4.98 Å². The van der Waals surface area contributed by atoms with Gasteiger partial charge in [0, 0.05) is 31.6 Å². The van der Waals surface area contributed by atoms with Gasteiger partial charge in [-0.25, -0.2) is 4.98 Å². The second kappa shape index (κ2) is 10.4. The molecule has 1 aromatic heterocycles. The number of benzene rings is 1. The minimum atomic E-state index is -0.351. The Hall–Kier alpha value is -3.19. The van der Waals surface area contributed by atoms with Crippen LogP contribution in [0.2, 0.25) is 0 Å². The third-order valence-corrected chi connectivity index (χ3v) is 6.57. The molecule has 0 unspecified atom stereocenters. The molecule has 1 aromatic carbocycles. The molecule has 34 heavy (non-hydrogen) atoms. The van der Waals surface area contributed by atoms with Crippen LogP contribution < -0.4 is 4.74 Å². The number of amides is 2. The minimum absolute atomic E-state index is 0.0555.